The largest absolute Gasteiger partial charge is 0.353 e. The van der Waals surface area contributed by atoms with Crippen molar-refractivity contribution >= 4 is 17.3 Å². The minimum atomic E-state index is 0.0129. The van der Waals surface area contributed by atoms with E-state index in [0.29, 0.717) is 6.54 Å². The van der Waals surface area contributed by atoms with Crippen LogP contribution in [-0.2, 0) is 13.6 Å². The third-order valence-electron chi connectivity index (χ3n) is 4.56. The first-order valence-corrected chi connectivity index (χ1v) is 8.63. The number of rotatable bonds is 4. The number of aryl methyl sites for hydroxylation is 1. The van der Waals surface area contributed by atoms with Crippen molar-refractivity contribution in [1.82, 2.24) is 24.8 Å². The lowest BCUT2D eigenvalue weighted by atomic mass is 10.0. The zero-order valence-electron chi connectivity index (χ0n) is 13.9. The Balaban J connectivity index is 1.74. The van der Waals surface area contributed by atoms with Crippen LogP contribution in [0.5, 0.6) is 0 Å². The van der Waals surface area contributed by atoms with Crippen LogP contribution in [0.3, 0.4) is 0 Å². The molecule has 1 aliphatic rings. The van der Waals surface area contributed by atoms with Crippen LogP contribution in [0.4, 0.5) is 0 Å². The average molecular weight is 349 g/mol. The van der Waals surface area contributed by atoms with E-state index in [1.165, 1.54) is 5.69 Å². The summed E-state index contributed by atoms with van der Waals surface area (Å²) in [6.45, 7) is 0.707. The molecule has 0 aromatic carbocycles. The van der Waals surface area contributed by atoms with E-state index in [2.05, 4.69) is 56.2 Å². The van der Waals surface area contributed by atoms with E-state index in [0.717, 1.165) is 16.4 Å². The molecule has 1 aliphatic heterocycles. The first-order chi connectivity index (χ1) is 12.2. The second-order valence-electron chi connectivity index (χ2n) is 6.16. The number of thiocarbonyl (C=S) groups is 1. The maximum atomic E-state index is 5.67. The van der Waals surface area contributed by atoms with E-state index < -0.39 is 0 Å². The van der Waals surface area contributed by atoms with Gasteiger partial charge in [0.1, 0.15) is 0 Å². The minimum absolute atomic E-state index is 0.0129. The Bertz CT molecular complexity index is 862. The molecular formula is C19H19N5S. The molecule has 4 rings (SSSR count). The third-order valence-corrected chi connectivity index (χ3v) is 4.91. The predicted octanol–water partition coefficient (Wildman–Crippen LogP) is 2.99. The molecule has 2 atom stereocenters. The lowest BCUT2D eigenvalue weighted by Crippen LogP contribution is -2.29. The molecule has 4 heterocycles. The second kappa shape index (κ2) is 6.64. The number of nitrogens with zero attached hydrogens (tertiary/aromatic N) is 4. The van der Waals surface area contributed by atoms with Crippen molar-refractivity contribution in [3.63, 3.8) is 0 Å². The van der Waals surface area contributed by atoms with Crippen molar-refractivity contribution < 1.29 is 0 Å². The first-order valence-electron chi connectivity index (χ1n) is 8.22. The van der Waals surface area contributed by atoms with Crippen molar-refractivity contribution in [2.24, 2.45) is 7.05 Å². The van der Waals surface area contributed by atoms with Crippen molar-refractivity contribution in [2.45, 2.75) is 18.6 Å². The Morgan fingerprint density at radius 2 is 2.04 bits per heavy atom. The number of hydrogen-bond donors (Lipinski definition) is 1. The summed E-state index contributed by atoms with van der Waals surface area (Å²) in [4.78, 5) is 11.0. The fraction of sp³-hybridized carbons (Fsp3) is 0.211. The van der Waals surface area contributed by atoms with Gasteiger partial charge in [-0.15, -0.1) is 0 Å². The van der Waals surface area contributed by atoms with E-state index in [4.69, 9.17) is 12.2 Å². The Labute approximate surface area is 152 Å². The van der Waals surface area contributed by atoms with Gasteiger partial charge in [-0.25, -0.2) is 0 Å². The van der Waals surface area contributed by atoms with Crippen molar-refractivity contribution in [1.29, 1.82) is 0 Å². The summed E-state index contributed by atoms with van der Waals surface area (Å²) < 4.78 is 2.15. The molecule has 0 saturated carbocycles. The van der Waals surface area contributed by atoms with E-state index in [-0.39, 0.29) is 12.1 Å². The van der Waals surface area contributed by atoms with Gasteiger partial charge in [0.25, 0.3) is 0 Å². The molecule has 2 unspecified atom stereocenters. The molecule has 25 heavy (non-hydrogen) atoms. The first kappa shape index (κ1) is 15.8. The highest BCUT2D eigenvalue weighted by molar-refractivity contribution is 7.80. The predicted molar refractivity (Wildman–Crippen MR) is 101 cm³/mol. The maximum absolute atomic E-state index is 5.67. The van der Waals surface area contributed by atoms with Crippen LogP contribution in [0.15, 0.2) is 67.3 Å². The lowest BCUT2D eigenvalue weighted by molar-refractivity contribution is 0.299. The van der Waals surface area contributed by atoms with Gasteiger partial charge in [-0.05, 0) is 48.1 Å². The normalized spacial score (nSPS) is 19.9. The van der Waals surface area contributed by atoms with Gasteiger partial charge in [0.15, 0.2) is 5.11 Å². The lowest BCUT2D eigenvalue weighted by Gasteiger charge is -2.28. The molecule has 0 spiro atoms. The topological polar surface area (TPSA) is 46.0 Å². The van der Waals surface area contributed by atoms with Crippen LogP contribution in [0, 0.1) is 0 Å². The molecule has 0 bridgehead atoms. The van der Waals surface area contributed by atoms with E-state index in [1.807, 2.05) is 36.7 Å². The fourth-order valence-electron chi connectivity index (χ4n) is 3.37. The summed E-state index contributed by atoms with van der Waals surface area (Å²) in [6, 6.07) is 14.3. The van der Waals surface area contributed by atoms with Crippen molar-refractivity contribution in [3.8, 4) is 0 Å². The summed E-state index contributed by atoms with van der Waals surface area (Å²) in [5.41, 5.74) is 3.32. The Hall–Kier alpha value is -2.73. The Morgan fingerprint density at radius 3 is 2.72 bits per heavy atom. The van der Waals surface area contributed by atoms with Crippen molar-refractivity contribution in [3.05, 3.63) is 84.2 Å². The molecule has 0 radical (unpaired) electrons. The molecular weight excluding hydrogens is 330 g/mol. The zero-order valence-corrected chi connectivity index (χ0v) is 14.7. The summed E-state index contributed by atoms with van der Waals surface area (Å²) >= 11 is 5.67. The van der Waals surface area contributed by atoms with Crippen LogP contribution >= 0.6 is 12.2 Å². The van der Waals surface area contributed by atoms with E-state index in [9.17, 15) is 0 Å². The van der Waals surface area contributed by atoms with Gasteiger partial charge in [-0.3, -0.25) is 9.97 Å². The fourth-order valence-corrected chi connectivity index (χ4v) is 3.67. The van der Waals surface area contributed by atoms with Crippen LogP contribution < -0.4 is 5.32 Å². The van der Waals surface area contributed by atoms with Crippen molar-refractivity contribution in [2.75, 3.05) is 0 Å². The molecule has 0 aliphatic carbocycles. The zero-order chi connectivity index (χ0) is 17.2. The summed E-state index contributed by atoms with van der Waals surface area (Å²) in [5.74, 6) is 0. The van der Waals surface area contributed by atoms with Gasteiger partial charge < -0.3 is 14.8 Å². The maximum Gasteiger partial charge on any atom is 0.170 e. The van der Waals surface area contributed by atoms with Gasteiger partial charge in [0, 0.05) is 44.1 Å². The monoisotopic (exact) mass is 349 g/mol. The summed E-state index contributed by atoms with van der Waals surface area (Å²) in [6.07, 6.45) is 7.56. The number of nitrogens with one attached hydrogen (secondary N) is 1. The molecule has 126 valence electrons. The minimum Gasteiger partial charge on any atom is -0.353 e. The highest BCUT2D eigenvalue weighted by Crippen LogP contribution is 2.39. The molecule has 0 amide bonds. The molecule has 3 aromatic rings. The molecule has 1 saturated heterocycles. The van der Waals surface area contributed by atoms with Gasteiger partial charge in [-0.2, -0.15) is 0 Å². The standard InChI is InChI=1S/C19H19N5S/c1-23-11-5-8-16(23)18-17(15-7-2-3-10-21-15)22-19(25)24(18)13-14-6-4-9-20-12-14/h2-12,17-18H,13H2,1H3,(H,22,25). The quantitative estimate of drug-likeness (QED) is 0.734. The van der Waals surface area contributed by atoms with Crippen LogP contribution in [0.1, 0.15) is 29.0 Å². The second-order valence-corrected chi connectivity index (χ2v) is 6.55. The van der Waals surface area contributed by atoms with Gasteiger partial charge >= 0.3 is 0 Å². The highest BCUT2D eigenvalue weighted by atomic mass is 32.1. The Kier molecular flexibility index (Phi) is 4.19. The van der Waals surface area contributed by atoms with E-state index >= 15 is 0 Å². The molecule has 5 nitrogen and oxygen atoms in total. The molecule has 1 N–H and O–H groups in total. The van der Waals surface area contributed by atoms with Crippen LogP contribution in [0.25, 0.3) is 0 Å². The smallest absolute Gasteiger partial charge is 0.170 e. The van der Waals surface area contributed by atoms with Crippen LogP contribution in [0.2, 0.25) is 0 Å². The summed E-state index contributed by atoms with van der Waals surface area (Å²) in [7, 11) is 2.06. The summed E-state index contributed by atoms with van der Waals surface area (Å²) in [5, 5.41) is 4.21. The van der Waals surface area contributed by atoms with Gasteiger partial charge in [-0.1, -0.05) is 12.1 Å². The highest BCUT2D eigenvalue weighted by Gasteiger charge is 2.40. The molecule has 1 fully saturated rings. The average Bonchev–Trinajstić information content (AvgIpc) is 3.20. The Morgan fingerprint density at radius 1 is 1.12 bits per heavy atom. The van der Waals surface area contributed by atoms with E-state index in [1.54, 1.807) is 6.20 Å². The number of hydrogen-bond acceptors (Lipinski definition) is 3. The SMILES string of the molecule is Cn1cccc1C1C(c2ccccn2)NC(=S)N1Cc1cccnc1. The molecule has 3 aromatic heterocycles. The molecule has 6 heteroatoms. The number of pyridine rings is 2. The third kappa shape index (κ3) is 3.00. The van der Waals surface area contributed by atoms with Gasteiger partial charge in [0.05, 0.1) is 17.8 Å². The van der Waals surface area contributed by atoms with Gasteiger partial charge in [0.2, 0.25) is 0 Å². The number of aromatic nitrogens is 3. The van der Waals surface area contributed by atoms with Crippen LogP contribution in [-0.4, -0.2) is 24.5 Å².